The van der Waals surface area contributed by atoms with E-state index in [2.05, 4.69) is 18.7 Å². The summed E-state index contributed by atoms with van der Waals surface area (Å²) in [6, 6.07) is 8.53. The van der Waals surface area contributed by atoms with Crippen LogP contribution in [-0.2, 0) is 11.3 Å². The second-order valence-corrected chi connectivity index (χ2v) is 5.40. The van der Waals surface area contributed by atoms with E-state index in [1.165, 1.54) is 0 Å². The normalized spacial score (nSPS) is 23.8. The summed E-state index contributed by atoms with van der Waals surface area (Å²) < 4.78 is 11.5. The summed E-state index contributed by atoms with van der Waals surface area (Å²) in [6.07, 6.45) is 1.44. The van der Waals surface area contributed by atoms with Gasteiger partial charge >= 0.3 is 0 Å². The second-order valence-electron chi connectivity index (χ2n) is 5.40. The number of hydrogen-bond donors (Lipinski definition) is 1. The third-order valence-corrected chi connectivity index (χ3v) is 3.86. The summed E-state index contributed by atoms with van der Waals surface area (Å²) in [5.74, 6) is 0.913. The Kier molecular flexibility index (Phi) is 5.83. The molecule has 1 heterocycles. The molecule has 0 bridgehead atoms. The van der Waals surface area contributed by atoms with Crippen molar-refractivity contribution in [3.05, 3.63) is 29.8 Å². The van der Waals surface area contributed by atoms with Crippen LogP contribution in [-0.4, -0.2) is 43.3 Å². The van der Waals surface area contributed by atoms with E-state index in [1.54, 1.807) is 0 Å². The van der Waals surface area contributed by atoms with E-state index in [0.29, 0.717) is 25.3 Å². The molecule has 0 spiro atoms. The number of morpholine rings is 1. The van der Waals surface area contributed by atoms with Crippen molar-refractivity contribution >= 4 is 0 Å². The van der Waals surface area contributed by atoms with Crippen LogP contribution in [0.4, 0.5) is 0 Å². The van der Waals surface area contributed by atoms with Crippen molar-refractivity contribution in [1.29, 1.82) is 0 Å². The minimum absolute atomic E-state index is 0.321. The summed E-state index contributed by atoms with van der Waals surface area (Å²) in [4.78, 5) is 2.47. The van der Waals surface area contributed by atoms with E-state index in [4.69, 9.17) is 15.2 Å². The van der Waals surface area contributed by atoms with Gasteiger partial charge in [0.05, 0.1) is 12.7 Å². The van der Waals surface area contributed by atoms with Gasteiger partial charge in [-0.3, -0.25) is 4.90 Å². The maximum atomic E-state index is 5.81. The third-order valence-electron chi connectivity index (χ3n) is 3.86. The Morgan fingerprint density at radius 2 is 2.10 bits per heavy atom. The van der Waals surface area contributed by atoms with Crippen LogP contribution in [0.25, 0.3) is 0 Å². The molecule has 0 aliphatic carbocycles. The minimum atomic E-state index is 0.321. The van der Waals surface area contributed by atoms with Crippen molar-refractivity contribution in [3.8, 4) is 5.75 Å². The van der Waals surface area contributed by atoms with Gasteiger partial charge in [0.1, 0.15) is 12.4 Å². The molecule has 1 aliphatic rings. The first kappa shape index (κ1) is 15.3. The molecule has 1 saturated heterocycles. The summed E-state index contributed by atoms with van der Waals surface area (Å²) in [7, 11) is 0. The fourth-order valence-corrected chi connectivity index (χ4v) is 2.57. The monoisotopic (exact) mass is 278 g/mol. The first-order valence-electron chi connectivity index (χ1n) is 7.50. The molecule has 112 valence electrons. The fraction of sp³-hybridized carbons (Fsp3) is 0.625. The molecule has 1 aromatic carbocycles. The van der Waals surface area contributed by atoms with Crippen molar-refractivity contribution in [2.24, 2.45) is 5.73 Å². The van der Waals surface area contributed by atoms with Gasteiger partial charge in [-0.2, -0.15) is 0 Å². The van der Waals surface area contributed by atoms with Gasteiger partial charge in [-0.25, -0.2) is 0 Å². The zero-order chi connectivity index (χ0) is 14.4. The van der Waals surface area contributed by atoms with Gasteiger partial charge in [-0.05, 0) is 31.0 Å². The van der Waals surface area contributed by atoms with E-state index >= 15 is 0 Å². The van der Waals surface area contributed by atoms with Crippen molar-refractivity contribution < 1.29 is 9.47 Å². The van der Waals surface area contributed by atoms with E-state index < -0.39 is 0 Å². The second kappa shape index (κ2) is 7.62. The Labute approximate surface area is 121 Å². The van der Waals surface area contributed by atoms with Crippen LogP contribution >= 0.6 is 0 Å². The highest BCUT2D eigenvalue weighted by Crippen LogP contribution is 2.15. The molecule has 2 N–H and O–H groups in total. The lowest BCUT2D eigenvalue weighted by atomic mass is 10.1. The van der Waals surface area contributed by atoms with Crippen molar-refractivity contribution in [2.75, 3.05) is 26.3 Å². The maximum absolute atomic E-state index is 5.81. The lowest BCUT2D eigenvalue weighted by Crippen LogP contribution is -2.49. The molecule has 0 saturated carbocycles. The van der Waals surface area contributed by atoms with Gasteiger partial charge in [0.2, 0.25) is 0 Å². The van der Waals surface area contributed by atoms with Gasteiger partial charge in [0, 0.05) is 25.7 Å². The van der Waals surface area contributed by atoms with Crippen molar-refractivity contribution in [2.45, 2.75) is 39.0 Å². The van der Waals surface area contributed by atoms with Gasteiger partial charge in [0.15, 0.2) is 0 Å². The van der Waals surface area contributed by atoms with Crippen LogP contribution in [0.2, 0.25) is 0 Å². The largest absolute Gasteiger partial charge is 0.492 e. The minimum Gasteiger partial charge on any atom is -0.492 e. The molecular weight excluding hydrogens is 252 g/mol. The molecular formula is C16H26N2O2. The van der Waals surface area contributed by atoms with Crippen LogP contribution in [0.1, 0.15) is 25.8 Å². The molecule has 2 unspecified atom stereocenters. The van der Waals surface area contributed by atoms with Gasteiger partial charge < -0.3 is 15.2 Å². The number of ether oxygens (including phenoxy) is 2. The topological polar surface area (TPSA) is 47.7 Å². The lowest BCUT2D eigenvalue weighted by Gasteiger charge is -2.38. The molecule has 4 nitrogen and oxygen atoms in total. The first-order chi connectivity index (χ1) is 9.72. The molecule has 0 amide bonds. The van der Waals surface area contributed by atoms with E-state index in [-0.39, 0.29) is 0 Å². The molecule has 0 aromatic heterocycles. The average Bonchev–Trinajstić information content (AvgIpc) is 2.48. The van der Waals surface area contributed by atoms with Crippen LogP contribution < -0.4 is 10.5 Å². The van der Waals surface area contributed by atoms with E-state index in [9.17, 15) is 0 Å². The van der Waals surface area contributed by atoms with E-state index in [1.807, 2.05) is 24.3 Å². The molecule has 1 aliphatic heterocycles. The highest BCUT2D eigenvalue weighted by Gasteiger charge is 2.24. The molecule has 20 heavy (non-hydrogen) atoms. The van der Waals surface area contributed by atoms with Crippen LogP contribution in [0.3, 0.4) is 0 Å². The maximum Gasteiger partial charge on any atom is 0.119 e. The Morgan fingerprint density at radius 1 is 1.35 bits per heavy atom. The number of nitrogens with zero attached hydrogens (tertiary/aromatic N) is 1. The highest BCUT2D eigenvalue weighted by molar-refractivity contribution is 5.27. The van der Waals surface area contributed by atoms with Crippen LogP contribution in [0.5, 0.6) is 5.75 Å². The zero-order valence-corrected chi connectivity index (χ0v) is 12.5. The number of rotatable bonds is 6. The molecule has 0 radical (unpaired) electrons. The predicted octanol–water partition coefficient (Wildman–Crippen LogP) is 2.02. The third kappa shape index (κ3) is 4.20. The molecule has 1 aromatic rings. The fourth-order valence-electron chi connectivity index (χ4n) is 2.57. The molecule has 4 heteroatoms. The Hall–Kier alpha value is -1.10. The summed E-state index contributed by atoms with van der Waals surface area (Å²) >= 11 is 0. The van der Waals surface area contributed by atoms with Gasteiger partial charge in [-0.1, -0.05) is 19.1 Å². The smallest absolute Gasteiger partial charge is 0.119 e. The predicted molar refractivity (Wildman–Crippen MR) is 80.9 cm³/mol. The summed E-state index contributed by atoms with van der Waals surface area (Å²) in [6.45, 7) is 8.41. The van der Waals surface area contributed by atoms with Gasteiger partial charge in [0.25, 0.3) is 0 Å². The number of nitrogens with two attached hydrogens (primary N) is 1. The van der Waals surface area contributed by atoms with Gasteiger partial charge in [-0.15, -0.1) is 0 Å². The highest BCUT2D eigenvalue weighted by atomic mass is 16.5. The lowest BCUT2D eigenvalue weighted by molar-refractivity contribution is -0.0586. The number of hydrogen-bond acceptors (Lipinski definition) is 4. The van der Waals surface area contributed by atoms with Crippen molar-refractivity contribution in [3.63, 3.8) is 0 Å². The van der Waals surface area contributed by atoms with E-state index in [0.717, 1.165) is 37.4 Å². The van der Waals surface area contributed by atoms with Crippen LogP contribution in [0, 0.1) is 0 Å². The zero-order valence-electron chi connectivity index (χ0n) is 12.5. The first-order valence-corrected chi connectivity index (χ1v) is 7.50. The summed E-state index contributed by atoms with van der Waals surface area (Å²) in [5.41, 5.74) is 6.71. The SMILES string of the molecule is CCC1COC(C)CN1CCOc1ccc(CN)cc1. The molecule has 2 rings (SSSR count). The van der Waals surface area contributed by atoms with Crippen molar-refractivity contribution in [1.82, 2.24) is 4.90 Å². The average molecular weight is 278 g/mol. The Morgan fingerprint density at radius 3 is 2.75 bits per heavy atom. The Balaban J connectivity index is 1.78. The van der Waals surface area contributed by atoms with Crippen LogP contribution in [0.15, 0.2) is 24.3 Å². The Bertz CT molecular complexity index is 394. The summed E-state index contributed by atoms with van der Waals surface area (Å²) in [5, 5.41) is 0. The quantitative estimate of drug-likeness (QED) is 0.865. The molecule has 2 atom stereocenters. The molecule has 1 fully saturated rings. The number of benzene rings is 1. The standard InChI is InChI=1S/C16H26N2O2/c1-3-15-12-20-13(2)11-18(15)8-9-19-16-6-4-14(10-17)5-7-16/h4-7,13,15H,3,8-12,17H2,1-2H3.